The molecule has 0 aliphatic carbocycles. The summed E-state index contributed by atoms with van der Waals surface area (Å²) in [6, 6.07) is 12.3. The van der Waals surface area contributed by atoms with Crippen molar-refractivity contribution >= 4 is 21.4 Å². The van der Waals surface area contributed by atoms with Crippen molar-refractivity contribution in [3.63, 3.8) is 0 Å². The van der Waals surface area contributed by atoms with Crippen LogP contribution in [0.5, 0.6) is 0 Å². The van der Waals surface area contributed by atoms with Crippen LogP contribution in [0.25, 0.3) is 0 Å². The first-order valence-electron chi connectivity index (χ1n) is 6.82. The van der Waals surface area contributed by atoms with E-state index in [-0.39, 0.29) is 0 Å². The van der Waals surface area contributed by atoms with Crippen molar-refractivity contribution in [1.29, 1.82) is 0 Å². The van der Waals surface area contributed by atoms with E-state index in [1.807, 2.05) is 32.0 Å². The number of benzene rings is 2. The molecule has 0 saturated heterocycles. The molecule has 0 heterocycles. The van der Waals surface area contributed by atoms with Gasteiger partial charge in [0.1, 0.15) is 0 Å². The number of hydrogen-bond donors (Lipinski definition) is 1. The average molecular weight is 304 g/mol. The molecule has 2 N–H and O–H groups in total. The highest BCUT2D eigenvalue weighted by Gasteiger charge is 2.25. The van der Waals surface area contributed by atoms with E-state index in [9.17, 15) is 8.42 Å². The van der Waals surface area contributed by atoms with Gasteiger partial charge in [-0.3, -0.25) is 4.31 Å². The third kappa shape index (κ3) is 3.03. The van der Waals surface area contributed by atoms with Gasteiger partial charge in [0, 0.05) is 12.2 Å². The molecule has 0 amide bonds. The monoisotopic (exact) mass is 304 g/mol. The second-order valence-electron chi connectivity index (χ2n) is 5.03. The van der Waals surface area contributed by atoms with Gasteiger partial charge in [-0.15, -0.1) is 0 Å². The minimum absolute atomic E-state index is 0.292. The molecule has 0 radical (unpaired) electrons. The summed E-state index contributed by atoms with van der Waals surface area (Å²) in [6.07, 6.45) is 0. The van der Waals surface area contributed by atoms with Crippen molar-refractivity contribution in [3.8, 4) is 0 Å². The maximum absolute atomic E-state index is 12.9. The summed E-state index contributed by atoms with van der Waals surface area (Å²) in [7, 11) is -3.59. The molecular formula is C16H20N2O2S. The van der Waals surface area contributed by atoms with Gasteiger partial charge < -0.3 is 5.73 Å². The van der Waals surface area contributed by atoms with Crippen LogP contribution in [0.4, 0.5) is 11.4 Å². The molecule has 0 aliphatic rings. The van der Waals surface area contributed by atoms with Gasteiger partial charge in [0.15, 0.2) is 0 Å². The highest BCUT2D eigenvalue weighted by Crippen LogP contribution is 2.27. The molecule has 0 aliphatic heterocycles. The molecule has 21 heavy (non-hydrogen) atoms. The fourth-order valence-electron chi connectivity index (χ4n) is 2.36. The van der Waals surface area contributed by atoms with Gasteiger partial charge in [-0.1, -0.05) is 12.1 Å². The minimum atomic E-state index is -3.59. The molecular weight excluding hydrogens is 284 g/mol. The van der Waals surface area contributed by atoms with Crippen LogP contribution in [-0.4, -0.2) is 15.0 Å². The van der Waals surface area contributed by atoms with Crippen molar-refractivity contribution in [1.82, 2.24) is 0 Å². The molecule has 2 aromatic rings. The Bertz CT molecular complexity index is 755. The largest absolute Gasteiger partial charge is 0.399 e. The second-order valence-corrected chi connectivity index (χ2v) is 6.86. The van der Waals surface area contributed by atoms with E-state index in [2.05, 4.69) is 0 Å². The predicted octanol–water partition coefficient (Wildman–Crippen LogP) is 3.10. The standard InChI is InChI=1S/C16H20N2O2S/c1-4-18(15-7-5-6-12(2)10-15)21(19,20)16-9-8-14(17)11-13(16)3/h5-11H,4,17H2,1-3H3. The Morgan fingerprint density at radius 2 is 1.81 bits per heavy atom. The summed E-state index contributed by atoms with van der Waals surface area (Å²) in [5.41, 5.74) is 8.61. The van der Waals surface area contributed by atoms with Crippen LogP contribution in [0, 0.1) is 13.8 Å². The van der Waals surface area contributed by atoms with Gasteiger partial charge in [-0.2, -0.15) is 0 Å². The van der Waals surface area contributed by atoms with Gasteiger partial charge in [-0.05, 0) is 62.2 Å². The van der Waals surface area contributed by atoms with Gasteiger partial charge in [-0.25, -0.2) is 8.42 Å². The molecule has 2 aromatic carbocycles. The average Bonchev–Trinajstić information content (AvgIpc) is 2.38. The quantitative estimate of drug-likeness (QED) is 0.883. The summed E-state index contributed by atoms with van der Waals surface area (Å²) in [5.74, 6) is 0. The summed E-state index contributed by atoms with van der Waals surface area (Å²) in [5, 5.41) is 0. The zero-order chi connectivity index (χ0) is 15.6. The number of nitrogens with zero attached hydrogens (tertiary/aromatic N) is 1. The van der Waals surface area contributed by atoms with Crippen LogP contribution in [0.1, 0.15) is 18.1 Å². The smallest absolute Gasteiger partial charge is 0.264 e. The second kappa shape index (κ2) is 5.77. The topological polar surface area (TPSA) is 63.4 Å². The van der Waals surface area contributed by atoms with E-state index in [0.717, 1.165) is 5.56 Å². The Hall–Kier alpha value is -2.01. The lowest BCUT2D eigenvalue weighted by molar-refractivity contribution is 0.591. The van der Waals surface area contributed by atoms with E-state index in [0.29, 0.717) is 28.4 Å². The molecule has 2 rings (SSSR count). The van der Waals surface area contributed by atoms with Crippen LogP contribution in [0.2, 0.25) is 0 Å². The SMILES string of the molecule is CCN(c1cccc(C)c1)S(=O)(=O)c1ccc(N)cc1C. The number of nitrogen functional groups attached to an aromatic ring is 1. The molecule has 0 fully saturated rings. The van der Waals surface area contributed by atoms with Crippen molar-refractivity contribution in [3.05, 3.63) is 53.6 Å². The minimum Gasteiger partial charge on any atom is -0.399 e. The molecule has 0 bridgehead atoms. The Labute approximate surface area is 126 Å². The number of nitrogens with two attached hydrogens (primary N) is 1. The fourth-order valence-corrected chi connectivity index (χ4v) is 4.03. The first-order chi connectivity index (χ1) is 9.86. The number of aryl methyl sites for hydroxylation is 2. The Kier molecular flexibility index (Phi) is 4.23. The summed E-state index contributed by atoms with van der Waals surface area (Å²) >= 11 is 0. The first kappa shape index (κ1) is 15.4. The summed E-state index contributed by atoms with van der Waals surface area (Å²) in [6.45, 7) is 5.90. The Morgan fingerprint density at radius 3 is 2.38 bits per heavy atom. The van der Waals surface area contributed by atoms with Crippen molar-refractivity contribution in [2.75, 3.05) is 16.6 Å². The van der Waals surface area contributed by atoms with Crippen molar-refractivity contribution in [2.24, 2.45) is 0 Å². The van der Waals surface area contributed by atoms with E-state index < -0.39 is 10.0 Å². The Balaban J connectivity index is 2.54. The van der Waals surface area contributed by atoms with Crippen LogP contribution < -0.4 is 10.0 Å². The van der Waals surface area contributed by atoms with Crippen molar-refractivity contribution in [2.45, 2.75) is 25.7 Å². The summed E-state index contributed by atoms with van der Waals surface area (Å²) < 4.78 is 27.2. The lowest BCUT2D eigenvalue weighted by atomic mass is 10.2. The number of rotatable bonds is 4. The number of sulfonamides is 1. The predicted molar refractivity (Wildman–Crippen MR) is 87.0 cm³/mol. The van der Waals surface area contributed by atoms with Crippen LogP contribution in [0.3, 0.4) is 0 Å². The van der Waals surface area contributed by atoms with Gasteiger partial charge in [0.05, 0.1) is 10.6 Å². The first-order valence-corrected chi connectivity index (χ1v) is 8.26. The highest BCUT2D eigenvalue weighted by molar-refractivity contribution is 7.92. The summed E-state index contributed by atoms with van der Waals surface area (Å²) in [4.78, 5) is 0.292. The van der Waals surface area contributed by atoms with E-state index in [1.165, 1.54) is 4.31 Å². The third-order valence-electron chi connectivity index (χ3n) is 3.34. The maximum atomic E-state index is 12.9. The molecule has 4 nitrogen and oxygen atoms in total. The van der Waals surface area contributed by atoms with Gasteiger partial charge >= 0.3 is 0 Å². The molecule has 5 heteroatoms. The number of hydrogen-bond acceptors (Lipinski definition) is 3. The van der Waals surface area contributed by atoms with E-state index >= 15 is 0 Å². The van der Waals surface area contributed by atoms with Crippen LogP contribution >= 0.6 is 0 Å². The van der Waals surface area contributed by atoms with E-state index in [1.54, 1.807) is 31.2 Å². The molecule has 0 atom stereocenters. The normalized spacial score (nSPS) is 11.4. The number of anilines is 2. The maximum Gasteiger partial charge on any atom is 0.264 e. The zero-order valence-corrected chi connectivity index (χ0v) is 13.3. The Morgan fingerprint density at radius 1 is 1.10 bits per heavy atom. The van der Waals surface area contributed by atoms with Crippen molar-refractivity contribution < 1.29 is 8.42 Å². The van der Waals surface area contributed by atoms with Crippen LogP contribution in [0.15, 0.2) is 47.4 Å². The molecule has 112 valence electrons. The fraction of sp³-hybridized carbons (Fsp3) is 0.250. The molecule has 0 spiro atoms. The third-order valence-corrected chi connectivity index (χ3v) is 5.41. The lowest BCUT2D eigenvalue weighted by Crippen LogP contribution is -2.31. The zero-order valence-electron chi connectivity index (χ0n) is 12.5. The van der Waals surface area contributed by atoms with Gasteiger partial charge in [0.2, 0.25) is 0 Å². The van der Waals surface area contributed by atoms with Gasteiger partial charge in [0.25, 0.3) is 10.0 Å². The molecule has 0 saturated carbocycles. The molecule has 0 aromatic heterocycles. The van der Waals surface area contributed by atoms with E-state index in [4.69, 9.17) is 5.73 Å². The molecule has 0 unspecified atom stereocenters. The highest BCUT2D eigenvalue weighted by atomic mass is 32.2. The lowest BCUT2D eigenvalue weighted by Gasteiger charge is -2.24. The van der Waals surface area contributed by atoms with Crippen LogP contribution in [-0.2, 0) is 10.0 Å².